The van der Waals surface area contributed by atoms with Gasteiger partial charge in [-0.1, -0.05) is 4.49 Å². The van der Waals surface area contributed by atoms with E-state index in [0.29, 0.717) is 0 Å². The molecule has 68 valence electrons. The zero-order valence-electron chi connectivity index (χ0n) is 7.02. The number of rotatable bonds is 3. The standard InChI is InChI=1S/C7H8N4S2/c1-8-2-5-3-12-7(9-5)6-4-13-11-10-6/h3-4,8H,2H2,1H3. The Kier molecular flexibility index (Phi) is 2.62. The normalized spacial score (nSPS) is 10.5. The van der Waals surface area contributed by atoms with Gasteiger partial charge in [-0.05, 0) is 18.6 Å². The van der Waals surface area contributed by atoms with Crippen LogP contribution in [-0.4, -0.2) is 21.6 Å². The average Bonchev–Trinajstić information content (AvgIpc) is 2.70. The van der Waals surface area contributed by atoms with Crippen molar-refractivity contribution < 1.29 is 0 Å². The highest BCUT2D eigenvalue weighted by Crippen LogP contribution is 2.21. The van der Waals surface area contributed by atoms with Crippen molar-refractivity contribution in [3.63, 3.8) is 0 Å². The third-order valence-electron chi connectivity index (χ3n) is 1.49. The maximum Gasteiger partial charge on any atom is 0.145 e. The number of nitrogens with zero attached hydrogens (tertiary/aromatic N) is 3. The van der Waals surface area contributed by atoms with Gasteiger partial charge >= 0.3 is 0 Å². The molecule has 2 rings (SSSR count). The molecule has 0 fully saturated rings. The summed E-state index contributed by atoms with van der Waals surface area (Å²) >= 11 is 2.95. The van der Waals surface area contributed by atoms with Crippen LogP contribution in [0.25, 0.3) is 10.7 Å². The van der Waals surface area contributed by atoms with E-state index in [4.69, 9.17) is 0 Å². The Morgan fingerprint density at radius 1 is 1.46 bits per heavy atom. The number of aromatic nitrogens is 3. The first-order chi connectivity index (χ1) is 6.40. The van der Waals surface area contributed by atoms with Crippen LogP contribution in [0.5, 0.6) is 0 Å². The van der Waals surface area contributed by atoms with Crippen molar-refractivity contribution >= 4 is 22.9 Å². The molecule has 13 heavy (non-hydrogen) atoms. The maximum absolute atomic E-state index is 4.40. The summed E-state index contributed by atoms with van der Waals surface area (Å²) in [5.41, 5.74) is 1.92. The van der Waals surface area contributed by atoms with Gasteiger partial charge in [-0.25, -0.2) is 4.98 Å². The first-order valence-corrected chi connectivity index (χ1v) is 5.48. The minimum Gasteiger partial charge on any atom is -0.314 e. The monoisotopic (exact) mass is 212 g/mol. The zero-order chi connectivity index (χ0) is 9.10. The van der Waals surface area contributed by atoms with Gasteiger partial charge in [-0.15, -0.1) is 16.4 Å². The number of thiazole rings is 1. The molecule has 2 aromatic heterocycles. The highest BCUT2D eigenvalue weighted by Gasteiger charge is 2.05. The number of hydrogen-bond acceptors (Lipinski definition) is 6. The van der Waals surface area contributed by atoms with Crippen molar-refractivity contribution in [3.05, 3.63) is 16.5 Å². The van der Waals surface area contributed by atoms with Crippen molar-refractivity contribution in [2.45, 2.75) is 6.54 Å². The van der Waals surface area contributed by atoms with Gasteiger partial charge in [-0.2, -0.15) is 0 Å². The van der Waals surface area contributed by atoms with Gasteiger partial charge in [0.15, 0.2) is 0 Å². The topological polar surface area (TPSA) is 50.7 Å². The Hall–Kier alpha value is -0.850. The van der Waals surface area contributed by atoms with Gasteiger partial charge in [0.1, 0.15) is 10.7 Å². The van der Waals surface area contributed by atoms with Gasteiger partial charge in [0.2, 0.25) is 0 Å². The third-order valence-corrected chi connectivity index (χ3v) is 2.91. The summed E-state index contributed by atoms with van der Waals surface area (Å²) in [5.74, 6) is 0. The van der Waals surface area contributed by atoms with Gasteiger partial charge in [0.05, 0.1) is 5.69 Å². The first kappa shape index (κ1) is 8.74. The van der Waals surface area contributed by atoms with E-state index in [2.05, 4.69) is 19.9 Å². The third kappa shape index (κ3) is 1.90. The zero-order valence-corrected chi connectivity index (χ0v) is 8.65. The van der Waals surface area contributed by atoms with Crippen LogP contribution in [0.15, 0.2) is 10.8 Å². The van der Waals surface area contributed by atoms with E-state index in [-0.39, 0.29) is 0 Å². The lowest BCUT2D eigenvalue weighted by atomic mass is 10.5. The van der Waals surface area contributed by atoms with Crippen LogP contribution in [0, 0.1) is 0 Å². The smallest absolute Gasteiger partial charge is 0.145 e. The fraction of sp³-hybridized carbons (Fsp3) is 0.286. The summed E-state index contributed by atoms with van der Waals surface area (Å²) in [6.07, 6.45) is 0. The Bertz CT molecular complexity index is 368. The molecule has 0 aliphatic rings. The van der Waals surface area contributed by atoms with E-state index >= 15 is 0 Å². The van der Waals surface area contributed by atoms with Gasteiger partial charge in [-0.3, -0.25) is 0 Å². The molecular formula is C7H8N4S2. The van der Waals surface area contributed by atoms with Crippen LogP contribution in [0.2, 0.25) is 0 Å². The quantitative estimate of drug-likeness (QED) is 0.835. The van der Waals surface area contributed by atoms with E-state index in [1.807, 2.05) is 17.8 Å². The molecule has 2 heterocycles. The first-order valence-electron chi connectivity index (χ1n) is 3.76. The maximum atomic E-state index is 4.40. The van der Waals surface area contributed by atoms with Crippen LogP contribution in [0.3, 0.4) is 0 Å². The fourth-order valence-corrected chi connectivity index (χ4v) is 2.23. The molecule has 0 amide bonds. The average molecular weight is 212 g/mol. The highest BCUT2D eigenvalue weighted by molar-refractivity contribution is 7.13. The molecule has 0 spiro atoms. The molecule has 0 aromatic carbocycles. The minimum atomic E-state index is 0.800. The summed E-state index contributed by atoms with van der Waals surface area (Å²) in [7, 11) is 1.91. The van der Waals surface area contributed by atoms with Crippen molar-refractivity contribution in [3.8, 4) is 10.7 Å². The van der Waals surface area contributed by atoms with Crippen molar-refractivity contribution in [2.24, 2.45) is 0 Å². The molecule has 0 aliphatic heterocycles. The molecule has 0 atom stereocenters. The number of nitrogens with one attached hydrogen (secondary N) is 1. The molecule has 2 aromatic rings. The SMILES string of the molecule is CNCc1csc(-c2csnn2)n1. The molecule has 0 unspecified atom stereocenters. The second-order valence-corrected chi connectivity index (χ2v) is 3.93. The molecule has 0 saturated carbocycles. The van der Waals surface area contributed by atoms with Gasteiger partial charge < -0.3 is 5.32 Å². The van der Waals surface area contributed by atoms with Crippen LogP contribution in [0.1, 0.15) is 5.69 Å². The van der Waals surface area contributed by atoms with Crippen molar-refractivity contribution in [1.29, 1.82) is 0 Å². The van der Waals surface area contributed by atoms with E-state index in [0.717, 1.165) is 22.9 Å². The molecule has 4 nitrogen and oxygen atoms in total. The van der Waals surface area contributed by atoms with E-state index in [9.17, 15) is 0 Å². The van der Waals surface area contributed by atoms with Gasteiger partial charge in [0.25, 0.3) is 0 Å². The summed E-state index contributed by atoms with van der Waals surface area (Å²) in [5, 5.41) is 11.9. The summed E-state index contributed by atoms with van der Waals surface area (Å²) < 4.78 is 3.80. The largest absolute Gasteiger partial charge is 0.314 e. The second kappa shape index (κ2) is 3.91. The van der Waals surface area contributed by atoms with Crippen molar-refractivity contribution in [1.82, 2.24) is 19.9 Å². The second-order valence-electron chi connectivity index (χ2n) is 2.46. The molecule has 0 aliphatic carbocycles. The Labute approximate surface area is 83.8 Å². The molecular weight excluding hydrogens is 204 g/mol. The van der Waals surface area contributed by atoms with E-state index in [1.165, 1.54) is 11.5 Å². The molecule has 0 bridgehead atoms. The fourth-order valence-electron chi connectivity index (χ4n) is 0.945. The predicted molar refractivity (Wildman–Crippen MR) is 53.8 cm³/mol. The Balaban J connectivity index is 2.23. The highest BCUT2D eigenvalue weighted by atomic mass is 32.1. The lowest BCUT2D eigenvalue weighted by Crippen LogP contribution is -2.04. The molecule has 1 N–H and O–H groups in total. The predicted octanol–water partition coefficient (Wildman–Crippen LogP) is 1.38. The van der Waals surface area contributed by atoms with E-state index < -0.39 is 0 Å². The minimum absolute atomic E-state index is 0.800. The Morgan fingerprint density at radius 2 is 2.38 bits per heavy atom. The Morgan fingerprint density at radius 3 is 3.08 bits per heavy atom. The summed E-state index contributed by atoms with van der Waals surface area (Å²) in [6, 6.07) is 0. The molecule has 6 heteroatoms. The molecule has 0 saturated heterocycles. The summed E-state index contributed by atoms with van der Waals surface area (Å²) in [4.78, 5) is 4.40. The number of hydrogen-bond donors (Lipinski definition) is 1. The van der Waals surface area contributed by atoms with E-state index in [1.54, 1.807) is 11.3 Å². The van der Waals surface area contributed by atoms with Crippen LogP contribution >= 0.6 is 22.9 Å². The lowest BCUT2D eigenvalue weighted by Gasteiger charge is -1.90. The van der Waals surface area contributed by atoms with Crippen LogP contribution in [0.4, 0.5) is 0 Å². The van der Waals surface area contributed by atoms with Crippen LogP contribution < -0.4 is 5.32 Å². The van der Waals surface area contributed by atoms with Crippen LogP contribution in [-0.2, 0) is 6.54 Å². The summed E-state index contributed by atoms with van der Waals surface area (Å²) in [6.45, 7) is 0.800. The lowest BCUT2D eigenvalue weighted by molar-refractivity contribution is 0.798. The molecule has 0 radical (unpaired) electrons. The van der Waals surface area contributed by atoms with Crippen molar-refractivity contribution in [2.75, 3.05) is 7.05 Å². The van der Waals surface area contributed by atoms with Gasteiger partial charge in [0, 0.05) is 17.3 Å².